The lowest BCUT2D eigenvalue weighted by Gasteiger charge is -2.40. The topological polar surface area (TPSA) is 38.8 Å². The highest BCUT2D eigenvalue weighted by Crippen LogP contribution is 2.23. The van der Waals surface area contributed by atoms with Gasteiger partial charge in [-0.05, 0) is 30.5 Å². The summed E-state index contributed by atoms with van der Waals surface area (Å²) in [6.45, 7) is 4.83. The van der Waals surface area contributed by atoms with Crippen LogP contribution in [0.4, 0.5) is 0 Å². The lowest BCUT2D eigenvalue weighted by molar-refractivity contribution is -0.144. The number of carbonyl (C=O) groups excluding carboxylic acids is 1. The van der Waals surface area contributed by atoms with Gasteiger partial charge in [-0.15, -0.1) is 0 Å². The molecule has 1 aromatic carbocycles. The highest BCUT2D eigenvalue weighted by Gasteiger charge is 2.36. The molecule has 1 unspecified atom stereocenters. The summed E-state index contributed by atoms with van der Waals surface area (Å²) in [5.74, 6) is 1.20. The Morgan fingerprint density at radius 2 is 2.30 bits per heavy atom. The van der Waals surface area contributed by atoms with Gasteiger partial charge in [-0.3, -0.25) is 4.79 Å². The summed E-state index contributed by atoms with van der Waals surface area (Å²) >= 11 is 0. The Bertz CT molecular complexity index is 476. The lowest BCUT2D eigenvalue weighted by atomic mass is 10.0. The lowest BCUT2D eigenvalue weighted by Crippen LogP contribution is -2.57. The van der Waals surface area contributed by atoms with E-state index in [4.69, 9.17) is 9.47 Å². The molecule has 1 amide bonds. The van der Waals surface area contributed by atoms with Crippen molar-refractivity contribution in [3.05, 3.63) is 29.8 Å². The summed E-state index contributed by atoms with van der Waals surface area (Å²) in [7, 11) is 0. The molecule has 0 bridgehead atoms. The van der Waals surface area contributed by atoms with Gasteiger partial charge in [0.15, 0.2) is 0 Å². The van der Waals surface area contributed by atoms with E-state index < -0.39 is 0 Å². The Morgan fingerprint density at radius 3 is 3.00 bits per heavy atom. The van der Waals surface area contributed by atoms with E-state index >= 15 is 0 Å². The smallest absolute Gasteiger partial charge is 0.228 e. The molecule has 3 rings (SSSR count). The zero-order valence-electron chi connectivity index (χ0n) is 11.9. The van der Waals surface area contributed by atoms with Gasteiger partial charge in [0.05, 0.1) is 25.6 Å². The number of hydrogen-bond acceptors (Lipinski definition) is 3. The molecule has 2 saturated heterocycles. The number of rotatable bonds is 4. The van der Waals surface area contributed by atoms with E-state index in [0.29, 0.717) is 26.3 Å². The van der Waals surface area contributed by atoms with Crippen LogP contribution in [0.25, 0.3) is 0 Å². The van der Waals surface area contributed by atoms with E-state index in [0.717, 1.165) is 18.6 Å². The van der Waals surface area contributed by atoms with Crippen LogP contribution in [0.5, 0.6) is 5.75 Å². The van der Waals surface area contributed by atoms with Gasteiger partial charge in [-0.2, -0.15) is 0 Å². The summed E-state index contributed by atoms with van der Waals surface area (Å²) in [6.07, 6.45) is 2.00. The van der Waals surface area contributed by atoms with Crippen LogP contribution in [0.3, 0.4) is 0 Å². The minimum Gasteiger partial charge on any atom is -0.487 e. The number of carbonyl (C=O) groups is 1. The van der Waals surface area contributed by atoms with Crippen molar-refractivity contribution in [2.75, 3.05) is 26.3 Å². The molecule has 1 aromatic rings. The zero-order valence-corrected chi connectivity index (χ0v) is 11.9. The van der Waals surface area contributed by atoms with Gasteiger partial charge in [-0.25, -0.2) is 0 Å². The Balaban J connectivity index is 1.49. The molecule has 4 nitrogen and oxygen atoms in total. The molecule has 108 valence electrons. The van der Waals surface area contributed by atoms with E-state index in [-0.39, 0.29) is 17.9 Å². The predicted molar refractivity (Wildman–Crippen MR) is 75.7 cm³/mol. The Kier molecular flexibility index (Phi) is 3.92. The fraction of sp³-hybridized carbons (Fsp3) is 0.562. The van der Waals surface area contributed by atoms with Crippen LogP contribution in [-0.2, 0) is 16.0 Å². The van der Waals surface area contributed by atoms with Gasteiger partial charge in [0, 0.05) is 6.61 Å². The van der Waals surface area contributed by atoms with Crippen LogP contribution in [0.15, 0.2) is 24.3 Å². The van der Waals surface area contributed by atoms with Crippen LogP contribution in [0, 0.1) is 5.92 Å². The van der Waals surface area contributed by atoms with Crippen molar-refractivity contribution in [2.24, 2.45) is 5.92 Å². The summed E-state index contributed by atoms with van der Waals surface area (Å²) in [4.78, 5) is 14.0. The Morgan fingerprint density at radius 1 is 1.45 bits per heavy atom. The average molecular weight is 275 g/mol. The molecule has 2 heterocycles. The van der Waals surface area contributed by atoms with E-state index in [2.05, 4.69) is 19.1 Å². The molecule has 2 fully saturated rings. The van der Waals surface area contributed by atoms with Crippen molar-refractivity contribution in [1.82, 2.24) is 4.90 Å². The molecule has 0 radical (unpaired) electrons. The minimum atomic E-state index is 0.0689. The molecule has 1 atom stereocenters. The number of amides is 1. The molecule has 0 spiro atoms. The molecule has 20 heavy (non-hydrogen) atoms. The highest BCUT2D eigenvalue weighted by atomic mass is 16.5. The molecule has 0 saturated carbocycles. The number of nitrogens with zero attached hydrogens (tertiary/aromatic N) is 1. The van der Waals surface area contributed by atoms with Crippen LogP contribution in [-0.4, -0.2) is 43.2 Å². The molecule has 0 N–H and O–H groups in total. The van der Waals surface area contributed by atoms with Crippen molar-refractivity contribution in [2.45, 2.75) is 25.9 Å². The van der Waals surface area contributed by atoms with Gasteiger partial charge >= 0.3 is 0 Å². The van der Waals surface area contributed by atoms with Crippen molar-refractivity contribution in [1.29, 1.82) is 0 Å². The summed E-state index contributed by atoms with van der Waals surface area (Å²) in [5, 5.41) is 0. The van der Waals surface area contributed by atoms with E-state index in [9.17, 15) is 4.79 Å². The van der Waals surface area contributed by atoms with Crippen molar-refractivity contribution in [3.63, 3.8) is 0 Å². The third-order valence-corrected chi connectivity index (χ3v) is 4.05. The van der Waals surface area contributed by atoms with Crippen molar-refractivity contribution >= 4 is 5.91 Å². The Hall–Kier alpha value is -1.55. The summed E-state index contributed by atoms with van der Waals surface area (Å²) in [6, 6.07) is 8.18. The van der Waals surface area contributed by atoms with Gasteiger partial charge in [-0.1, -0.05) is 19.1 Å². The number of ether oxygens (including phenoxy) is 2. The second-order valence-electron chi connectivity index (χ2n) is 5.54. The summed E-state index contributed by atoms with van der Waals surface area (Å²) in [5.41, 5.74) is 1.28. The van der Waals surface area contributed by atoms with Gasteiger partial charge in [0.25, 0.3) is 0 Å². The van der Waals surface area contributed by atoms with Crippen molar-refractivity contribution < 1.29 is 14.3 Å². The average Bonchev–Trinajstić information content (AvgIpc) is 2.96. The first-order chi connectivity index (χ1) is 9.76. The first-order valence-corrected chi connectivity index (χ1v) is 7.38. The quantitative estimate of drug-likeness (QED) is 0.842. The molecule has 2 aliphatic heterocycles. The van der Waals surface area contributed by atoms with E-state index in [1.54, 1.807) is 0 Å². The largest absolute Gasteiger partial charge is 0.487 e. The molecule has 0 aliphatic carbocycles. The maximum atomic E-state index is 12.1. The normalized spacial score (nSPS) is 22.6. The third kappa shape index (κ3) is 2.80. The number of benzene rings is 1. The fourth-order valence-corrected chi connectivity index (χ4v) is 2.71. The first kappa shape index (κ1) is 13.4. The van der Waals surface area contributed by atoms with Crippen LogP contribution in [0.1, 0.15) is 18.9 Å². The molecule has 4 heteroatoms. The Labute approximate surface area is 119 Å². The van der Waals surface area contributed by atoms with Gasteiger partial charge < -0.3 is 14.4 Å². The molecule has 0 aromatic heterocycles. The summed E-state index contributed by atoms with van der Waals surface area (Å²) < 4.78 is 11.2. The van der Waals surface area contributed by atoms with E-state index in [1.165, 1.54) is 5.56 Å². The first-order valence-electron chi connectivity index (χ1n) is 7.38. The fourth-order valence-electron chi connectivity index (χ4n) is 2.71. The number of likely N-dealkylation sites (tertiary alicyclic amines) is 1. The maximum absolute atomic E-state index is 12.1. The van der Waals surface area contributed by atoms with E-state index in [1.807, 2.05) is 17.0 Å². The molecular formula is C16H21NO3. The van der Waals surface area contributed by atoms with Gasteiger partial charge in [0.2, 0.25) is 5.91 Å². The number of hydrogen-bond donors (Lipinski definition) is 0. The zero-order chi connectivity index (χ0) is 13.9. The second kappa shape index (κ2) is 5.83. The molecular weight excluding hydrogens is 254 g/mol. The van der Waals surface area contributed by atoms with Crippen LogP contribution in [0.2, 0.25) is 0 Å². The predicted octanol–water partition coefficient (Wildman–Crippen LogP) is 1.88. The maximum Gasteiger partial charge on any atom is 0.228 e. The number of aryl methyl sites for hydroxylation is 1. The second-order valence-corrected chi connectivity index (χ2v) is 5.54. The SMILES string of the molecule is CCc1cccc(OC2CN(C(=O)C3CCOC3)C2)c1. The highest BCUT2D eigenvalue weighted by molar-refractivity contribution is 5.80. The minimum absolute atomic E-state index is 0.0689. The van der Waals surface area contributed by atoms with Gasteiger partial charge in [0.1, 0.15) is 11.9 Å². The monoisotopic (exact) mass is 275 g/mol. The third-order valence-electron chi connectivity index (χ3n) is 4.05. The molecule has 2 aliphatic rings. The van der Waals surface area contributed by atoms with Crippen LogP contribution < -0.4 is 4.74 Å². The van der Waals surface area contributed by atoms with Crippen molar-refractivity contribution in [3.8, 4) is 5.75 Å². The standard InChI is InChI=1S/C16H21NO3/c1-2-12-4-3-5-14(8-12)20-15-9-17(10-15)16(18)13-6-7-19-11-13/h3-5,8,13,15H,2,6-7,9-11H2,1H3. The van der Waals surface area contributed by atoms with Crippen LogP contribution >= 0.6 is 0 Å².